The Morgan fingerprint density at radius 3 is 2.92 bits per heavy atom. The molecule has 0 spiro atoms. The van der Waals surface area contributed by atoms with Crippen molar-refractivity contribution in [3.8, 4) is 0 Å². The fourth-order valence-electron chi connectivity index (χ4n) is 1.74. The second kappa shape index (κ2) is 3.96. The molecule has 1 rings (SSSR count). The third-order valence-corrected chi connectivity index (χ3v) is 2.41. The molecule has 0 radical (unpaired) electrons. The summed E-state index contributed by atoms with van der Waals surface area (Å²) in [7, 11) is 1.71. The van der Waals surface area contributed by atoms with E-state index in [1.165, 1.54) is 0 Å². The van der Waals surface area contributed by atoms with Gasteiger partial charge < -0.3 is 15.4 Å². The number of aliphatic imine (C=N–C) groups is 1. The summed E-state index contributed by atoms with van der Waals surface area (Å²) in [6, 6.07) is 0. The lowest BCUT2D eigenvalue weighted by molar-refractivity contribution is 0.0787. The third kappa shape index (κ3) is 1.94. The van der Waals surface area contributed by atoms with E-state index in [9.17, 15) is 0 Å². The van der Waals surface area contributed by atoms with Gasteiger partial charge in [0.05, 0.1) is 18.7 Å². The lowest BCUT2D eigenvalue weighted by Crippen LogP contribution is -2.52. The molecule has 0 amide bonds. The highest BCUT2D eigenvalue weighted by Gasteiger charge is 2.37. The fourth-order valence-corrected chi connectivity index (χ4v) is 1.74. The Labute approximate surface area is 79.8 Å². The van der Waals surface area contributed by atoms with Gasteiger partial charge in [-0.3, -0.25) is 4.99 Å². The number of guanidine groups is 1. The highest BCUT2D eigenvalue weighted by Crippen LogP contribution is 2.21. The van der Waals surface area contributed by atoms with E-state index >= 15 is 0 Å². The maximum absolute atomic E-state index is 5.79. The summed E-state index contributed by atoms with van der Waals surface area (Å²) in [5.74, 6) is 0.654. The minimum Gasteiger partial charge on any atom is -0.382 e. The van der Waals surface area contributed by atoms with Gasteiger partial charge in [0.15, 0.2) is 5.96 Å². The monoisotopic (exact) mass is 185 g/mol. The van der Waals surface area contributed by atoms with E-state index in [1.807, 2.05) is 0 Å². The van der Waals surface area contributed by atoms with E-state index in [-0.39, 0.29) is 5.54 Å². The molecule has 1 unspecified atom stereocenters. The number of hydrogen-bond acceptors (Lipinski definition) is 4. The van der Waals surface area contributed by atoms with E-state index in [0.717, 1.165) is 19.5 Å². The Kier molecular flexibility index (Phi) is 3.14. The molecule has 0 aromatic rings. The molecule has 0 aromatic carbocycles. The number of methoxy groups -OCH3 is 1. The zero-order valence-electron chi connectivity index (χ0n) is 8.71. The van der Waals surface area contributed by atoms with Crippen LogP contribution in [0.4, 0.5) is 0 Å². The van der Waals surface area contributed by atoms with Crippen LogP contribution in [0.25, 0.3) is 0 Å². The Hall–Kier alpha value is -0.770. The van der Waals surface area contributed by atoms with Crippen LogP contribution in [-0.2, 0) is 4.74 Å². The summed E-state index contributed by atoms with van der Waals surface area (Å²) in [5, 5.41) is 0. The molecule has 4 heteroatoms. The van der Waals surface area contributed by atoms with Crippen molar-refractivity contribution in [3.05, 3.63) is 0 Å². The second-order valence-electron chi connectivity index (χ2n) is 3.76. The maximum Gasteiger partial charge on any atom is 0.191 e. The molecule has 0 saturated carbocycles. The average molecular weight is 185 g/mol. The first-order chi connectivity index (χ1) is 6.14. The molecule has 0 fully saturated rings. The summed E-state index contributed by atoms with van der Waals surface area (Å²) < 4.78 is 5.18. The molecule has 2 N–H and O–H groups in total. The van der Waals surface area contributed by atoms with Gasteiger partial charge in [-0.15, -0.1) is 0 Å². The van der Waals surface area contributed by atoms with Crippen LogP contribution < -0.4 is 5.73 Å². The van der Waals surface area contributed by atoms with Crippen molar-refractivity contribution in [3.63, 3.8) is 0 Å². The van der Waals surface area contributed by atoms with Gasteiger partial charge in [0, 0.05) is 13.7 Å². The van der Waals surface area contributed by atoms with Crippen LogP contribution in [0, 0.1) is 0 Å². The van der Waals surface area contributed by atoms with Crippen molar-refractivity contribution in [2.45, 2.75) is 25.8 Å². The van der Waals surface area contributed by atoms with Gasteiger partial charge in [-0.1, -0.05) is 6.92 Å². The van der Waals surface area contributed by atoms with E-state index in [0.29, 0.717) is 12.6 Å². The molecule has 4 nitrogen and oxygen atoms in total. The van der Waals surface area contributed by atoms with Gasteiger partial charge >= 0.3 is 0 Å². The van der Waals surface area contributed by atoms with Crippen molar-refractivity contribution < 1.29 is 4.74 Å². The van der Waals surface area contributed by atoms with Gasteiger partial charge in [0.2, 0.25) is 0 Å². The minimum atomic E-state index is -0.0329. The topological polar surface area (TPSA) is 50.8 Å². The summed E-state index contributed by atoms with van der Waals surface area (Å²) in [4.78, 5) is 6.38. The van der Waals surface area contributed by atoms with Crippen LogP contribution in [0.15, 0.2) is 4.99 Å². The third-order valence-electron chi connectivity index (χ3n) is 2.41. The highest BCUT2D eigenvalue weighted by molar-refractivity contribution is 5.80. The molecule has 13 heavy (non-hydrogen) atoms. The van der Waals surface area contributed by atoms with Crippen molar-refractivity contribution in [2.75, 3.05) is 26.8 Å². The van der Waals surface area contributed by atoms with Crippen LogP contribution in [0.5, 0.6) is 0 Å². The zero-order chi connectivity index (χ0) is 9.90. The van der Waals surface area contributed by atoms with E-state index < -0.39 is 0 Å². The largest absolute Gasteiger partial charge is 0.382 e. The first-order valence-corrected chi connectivity index (χ1v) is 4.70. The predicted molar refractivity (Wildman–Crippen MR) is 53.8 cm³/mol. The minimum absolute atomic E-state index is 0.0329. The van der Waals surface area contributed by atoms with Gasteiger partial charge in [0.1, 0.15) is 0 Å². The van der Waals surface area contributed by atoms with Gasteiger partial charge in [0.25, 0.3) is 0 Å². The molecular formula is C9H19N3O. The fraction of sp³-hybridized carbons (Fsp3) is 0.889. The van der Waals surface area contributed by atoms with Crippen LogP contribution in [0.1, 0.15) is 20.3 Å². The molecule has 0 saturated heterocycles. The normalized spacial score (nSPS) is 27.9. The highest BCUT2D eigenvalue weighted by atomic mass is 16.5. The average Bonchev–Trinajstić information content (AvgIpc) is 2.34. The summed E-state index contributed by atoms with van der Waals surface area (Å²) in [6.45, 7) is 6.65. The molecule has 1 atom stereocenters. The predicted octanol–water partition coefficient (Wildman–Crippen LogP) is 0.432. The van der Waals surface area contributed by atoms with Crippen molar-refractivity contribution in [1.82, 2.24) is 4.90 Å². The van der Waals surface area contributed by atoms with E-state index in [2.05, 4.69) is 23.7 Å². The molecule has 1 heterocycles. The van der Waals surface area contributed by atoms with Gasteiger partial charge in [-0.25, -0.2) is 0 Å². The number of nitrogens with two attached hydrogens (primary N) is 1. The number of ether oxygens (including phenoxy) is 1. The molecule has 0 bridgehead atoms. The van der Waals surface area contributed by atoms with Crippen molar-refractivity contribution >= 4 is 5.96 Å². The molecule has 76 valence electrons. The van der Waals surface area contributed by atoms with Crippen molar-refractivity contribution in [2.24, 2.45) is 10.7 Å². The summed E-state index contributed by atoms with van der Waals surface area (Å²) in [5.41, 5.74) is 5.76. The Balaban J connectivity index is 2.66. The first-order valence-electron chi connectivity index (χ1n) is 4.70. The maximum atomic E-state index is 5.79. The number of nitrogens with zero attached hydrogens (tertiary/aromatic N) is 2. The van der Waals surface area contributed by atoms with E-state index in [4.69, 9.17) is 10.5 Å². The van der Waals surface area contributed by atoms with Crippen LogP contribution in [-0.4, -0.2) is 43.2 Å². The lowest BCUT2D eigenvalue weighted by Gasteiger charge is -2.35. The molecule has 1 aliphatic heterocycles. The first kappa shape index (κ1) is 10.3. The van der Waals surface area contributed by atoms with Crippen molar-refractivity contribution in [1.29, 1.82) is 0 Å². The van der Waals surface area contributed by atoms with Gasteiger partial charge in [-0.05, 0) is 13.3 Å². The summed E-state index contributed by atoms with van der Waals surface area (Å²) in [6.07, 6.45) is 1.08. The molecular weight excluding hydrogens is 166 g/mol. The van der Waals surface area contributed by atoms with Gasteiger partial charge in [-0.2, -0.15) is 0 Å². The second-order valence-corrected chi connectivity index (χ2v) is 3.76. The Bertz CT molecular complexity index is 205. The van der Waals surface area contributed by atoms with Crippen LogP contribution in [0.2, 0.25) is 0 Å². The van der Waals surface area contributed by atoms with Crippen LogP contribution >= 0.6 is 0 Å². The van der Waals surface area contributed by atoms with Crippen LogP contribution in [0.3, 0.4) is 0 Å². The quantitative estimate of drug-likeness (QED) is 0.691. The smallest absolute Gasteiger partial charge is 0.191 e. The SMILES string of the molecule is CCCN1C(N)=NCC1(C)COC. The Morgan fingerprint density at radius 2 is 2.38 bits per heavy atom. The lowest BCUT2D eigenvalue weighted by atomic mass is 10.0. The van der Waals surface area contributed by atoms with E-state index in [1.54, 1.807) is 7.11 Å². The number of hydrogen-bond donors (Lipinski definition) is 1. The molecule has 0 aromatic heterocycles. The standard InChI is InChI=1S/C9H19N3O/c1-4-5-12-8(10)11-6-9(12,2)7-13-3/h4-7H2,1-3H3,(H2,10,11). The zero-order valence-corrected chi connectivity index (χ0v) is 8.71. The summed E-state index contributed by atoms with van der Waals surface area (Å²) >= 11 is 0. The molecule has 0 aliphatic carbocycles. The number of rotatable bonds is 4. The molecule has 1 aliphatic rings. The Morgan fingerprint density at radius 1 is 1.69 bits per heavy atom.